The fraction of sp³-hybridized carbons (Fsp3) is 0.643. The first kappa shape index (κ1) is 23.0. The van der Waals surface area contributed by atoms with E-state index < -0.39 is 78.9 Å². The summed E-state index contributed by atoms with van der Waals surface area (Å²) in [5.41, 5.74) is -0.677. The van der Waals surface area contributed by atoms with Gasteiger partial charge in [-0.2, -0.15) is 41.3 Å². The molecule has 1 aliphatic rings. The minimum atomic E-state index is -4.78. The largest absolute Gasteiger partial charge is 0.408 e. The van der Waals surface area contributed by atoms with E-state index in [0.29, 0.717) is 6.92 Å². The van der Waals surface area contributed by atoms with Crippen molar-refractivity contribution in [2.45, 2.75) is 50.2 Å². The maximum Gasteiger partial charge on any atom is 0.408 e. The van der Waals surface area contributed by atoms with E-state index in [2.05, 4.69) is 15.0 Å². The molecule has 0 saturated heterocycles. The van der Waals surface area contributed by atoms with Gasteiger partial charge in [0.2, 0.25) is 11.9 Å². The summed E-state index contributed by atoms with van der Waals surface area (Å²) in [5, 5.41) is 12.8. The predicted molar refractivity (Wildman–Crippen MR) is 81.7 cm³/mol. The average molecular weight is 439 g/mol. The summed E-state index contributed by atoms with van der Waals surface area (Å²) in [6.45, 7) is -1.01. The second kappa shape index (κ2) is 7.84. The third-order valence-electron chi connectivity index (χ3n) is 3.83. The molecule has 0 fully saturated rings. The van der Waals surface area contributed by atoms with E-state index >= 15 is 0 Å². The van der Waals surface area contributed by atoms with Crippen molar-refractivity contribution in [3.63, 3.8) is 0 Å². The number of nitrogens with one attached hydrogen (secondary N) is 2. The van der Waals surface area contributed by atoms with Crippen molar-refractivity contribution in [3.05, 3.63) is 11.7 Å². The van der Waals surface area contributed by atoms with Gasteiger partial charge < -0.3 is 15.7 Å². The molecule has 2 rings (SSSR count). The molecule has 1 aromatic heterocycles. The number of aliphatic hydroxyl groups excluding tert-OH is 1. The molecule has 1 aliphatic carbocycles. The topological polar surface area (TPSA) is 83.0 Å². The third-order valence-corrected chi connectivity index (χ3v) is 3.83. The Hall–Kier alpha value is -2.32. The van der Waals surface area contributed by atoms with E-state index in [1.165, 1.54) is 0 Å². The summed E-state index contributed by atoms with van der Waals surface area (Å²) >= 11 is 0. The van der Waals surface area contributed by atoms with E-state index in [1.54, 1.807) is 10.6 Å². The standard InChI is InChI=1S/C14H14F9N5O/c1-5(14(21,22)23)25-11-27-9(26-10(28-11)24-4-13(18,19)20)6-2-3-12(16,17)8(29)7(6)15/h5,8,29H,2-4H2,1H3,(H2,24,25,26,27,28)/t5?,8-/m1/s1. The van der Waals surface area contributed by atoms with Gasteiger partial charge in [0, 0.05) is 12.0 Å². The van der Waals surface area contributed by atoms with Crippen LogP contribution in [0.4, 0.5) is 51.4 Å². The summed E-state index contributed by atoms with van der Waals surface area (Å²) < 4.78 is 116. The number of rotatable bonds is 5. The van der Waals surface area contributed by atoms with Crippen LogP contribution in [0.25, 0.3) is 5.57 Å². The highest BCUT2D eigenvalue weighted by atomic mass is 19.4. The molecular weight excluding hydrogens is 425 g/mol. The van der Waals surface area contributed by atoms with Crippen LogP contribution in [0.5, 0.6) is 0 Å². The van der Waals surface area contributed by atoms with Gasteiger partial charge in [-0.1, -0.05) is 0 Å². The average Bonchev–Trinajstić information content (AvgIpc) is 2.56. The van der Waals surface area contributed by atoms with Gasteiger partial charge in [0.25, 0.3) is 5.92 Å². The van der Waals surface area contributed by atoms with E-state index in [4.69, 9.17) is 0 Å². The van der Waals surface area contributed by atoms with Gasteiger partial charge in [0.1, 0.15) is 18.4 Å². The highest BCUT2D eigenvalue weighted by molar-refractivity contribution is 5.66. The van der Waals surface area contributed by atoms with Gasteiger partial charge in [-0.05, 0) is 13.3 Å². The van der Waals surface area contributed by atoms with Crippen molar-refractivity contribution >= 4 is 17.5 Å². The van der Waals surface area contributed by atoms with Gasteiger partial charge in [0.15, 0.2) is 11.9 Å². The molecule has 0 aliphatic heterocycles. The Bertz CT molecular complexity index is 778. The molecular formula is C14H14F9N5O. The Morgan fingerprint density at radius 2 is 1.69 bits per heavy atom. The number of anilines is 2. The summed E-state index contributed by atoms with van der Waals surface area (Å²) in [6.07, 6.45) is -14.1. The fourth-order valence-electron chi connectivity index (χ4n) is 2.23. The zero-order valence-corrected chi connectivity index (χ0v) is 14.5. The Labute approximate surface area is 157 Å². The van der Waals surface area contributed by atoms with Gasteiger partial charge >= 0.3 is 12.4 Å². The number of halogens is 9. The lowest BCUT2D eigenvalue weighted by Gasteiger charge is -2.27. The molecule has 0 radical (unpaired) electrons. The zero-order valence-electron chi connectivity index (χ0n) is 14.5. The van der Waals surface area contributed by atoms with Crippen LogP contribution in [-0.4, -0.2) is 57.0 Å². The fourth-order valence-corrected chi connectivity index (χ4v) is 2.23. The molecule has 15 heteroatoms. The molecule has 3 N–H and O–H groups in total. The first-order valence-electron chi connectivity index (χ1n) is 7.95. The molecule has 164 valence electrons. The molecule has 6 nitrogen and oxygen atoms in total. The third kappa shape index (κ3) is 5.83. The van der Waals surface area contributed by atoms with Crippen LogP contribution in [0.3, 0.4) is 0 Å². The lowest BCUT2D eigenvalue weighted by atomic mass is 9.92. The van der Waals surface area contributed by atoms with Gasteiger partial charge in [0.05, 0.1) is 0 Å². The zero-order chi connectivity index (χ0) is 22.2. The molecule has 29 heavy (non-hydrogen) atoms. The van der Waals surface area contributed by atoms with Crippen molar-refractivity contribution in [2.75, 3.05) is 17.2 Å². The molecule has 0 saturated carbocycles. The Morgan fingerprint density at radius 1 is 1.10 bits per heavy atom. The molecule has 2 atom stereocenters. The Balaban J connectivity index is 2.45. The highest BCUT2D eigenvalue weighted by Gasteiger charge is 2.46. The van der Waals surface area contributed by atoms with Crippen LogP contribution in [0.2, 0.25) is 0 Å². The molecule has 1 unspecified atom stereocenters. The SMILES string of the molecule is CC(Nc1nc(NCC(F)(F)F)nc(C2=C(F)[C@@H](O)C(F)(F)CC2)n1)C(F)(F)F. The van der Waals surface area contributed by atoms with Crippen LogP contribution >= 0.6 is 0 Å². The van der Waals surface area contributed by atoms with E-state index in [0.717, 1.165) is 0 Å². The van der Waals surface area contributed by atoms with Crippen LogP contribution < -0.4 is 10.6 Å². The molecule has 0 aromatic carbocycles. The number of allylic oxidation sites excluding steroid dienone is 1. The Morgan fingerprint density at radius 3 is 2.24 bits per heavy atom. The molecule has 0 spiro atoms. The van der Waals surface area contributed by atoms with Crippen LogP contribution in [-0.2, 0) is 0 Å². The Kier molecular flexibility index (Phi) is 6.20. The summed E-state index contributed by atoms with van der Waals surface area (Å²) in [7, 11) is 0. The number of aromatic nitrogens is 3. The summed E-state index contributed by atoms with van der Waals surface area (Å²) in [4.78, 5) is 10.3. The predicted octanol–water partition coefficient (Wildman–Crippen LogP) is 3.68. The number of nitrogens with zero attached hydrogens (tertiary/aromatic N) is 3. The second-order valence-electron chi connectivity index (χ2n) is 6.17. The van der Waals surface area contributed by atoms with Crippen molar-refractivity contribution in [1.29, 1.82) is 0 Å². The molecule has 0 bridgehead atoms. The highest BCUT2D eigenvalue weighted by Crippen LogP contribution is 2.41. The van der Waals surface area contributed by atoms with Gasteiger partial charge in [-0.3, -0.25) is 0 Å². The van der Waals surface area contributed by atoms with Gasteiger partial charge in [-0.25, -0.2) is 13.2 Å². The molecule has 1 heterocycles. The van der Waals surface area contributed by atoms with Gasteiger partial charge in [-0.15, -0.1) is 0 Å². The minimum Gasteiger partial charge on any atom is -0.380 e. The van der Waals surface area contributed by atoms with E-state index in [1.807, 2.05) is 0 Å². The van der Waals surface area contributed by atoms with E-state index in [9.17, 15) is 44.6 Å². The first-order valence-corrected chi connectivity index (χ1v) is 7.95. The smallest absolute Gasteiger partial charge is 0.380 e. The number of aliphatic hydroxyl groups is 1. The van der Waals surface area contributed by atoms with Crippen LogP contribution in [0.1, 0.15) is 25.6 Å². The summed E-state index contributed by atoms with van der Waals surface area (Å²) in [5.74, 6) is -8.05. The second-order valence-corrected chi connectivity index (χ2v) is 6.17. The van der Waals surface area contributed by atoms with Crippen molar-refractivity contribution in [1.82, 2.24) is 15.0 Å². The van der Waals surface area contributed by atoms with Crippen molar-refractivity contribution in [3.8, 4) is 0 Å². The van der Waals surface area contributed by atoms with Crippen LogP contribution in [0.15, 0.2) is 5.83 Å². The maximum atomic E-state index is 14.2. The lowest BCUT2D eigenvalue weighted by molar-refractivity contribution is -0.138. The quantitative estimate of drug-likeness (QED) is 0.608. The van der Waals surface area contributed by atoms with Crippen molar-refractivity contribution < 1.29 is 44.6 Å². The monoisotopic (exact) mass is 439 g/mol. The first-order chi connectivity index (χ1) is 13.1. The molecule has 1 aromatic rings. The summed E-state index contributed by atoms with van der Waals surface area (Å²) in [6, 6.07) is -2.24. The normalized spacial score (nSPS) is 21.1. The van der Waals surface area contributed by atoms with Crippen molar-refractivity contribution in [2.24, 2.45) is 0 Å². The van der Waals surface area contributed by atoms with E-state index in [-0.39, 0.29) is 0 Å². The number of hydrogen-bond acceptors (Lipinski definition) is 6. The lowest BCUT2D eigenvalue weighted by Crippen LogP contribution is -2.37. The maximum absolute atomic E-state index is 14.2. The number of hydrogen-bond donors (Lipinski definition) is 3. The molecule has 0 amide bonds. The van der Waals surface area contributed by atoms with Crippen LogP contribution in [0, 0.1) is 0 Å². The minimum absolute atomic E-state index is 0.664. The number of alkyl halides is 8.